The molecule has 0 unspecified atom stereocenters. The third kappa shape index (κ3) is 3.92. The van der Waals surface area contributed by atoms with Crippen LogP contribution in [0.3, 0.4) is 0 Å². The van der Waals surface area contributed by atoms with Crippen LogP contribution in [0.15, 0.2) is 73.2 Å². The van der Waals surface area contributed by atoms with Crippen LogP contribution in [-0.4, -0.2) is 15.0 Å². The highest BCUT2D eigenvalue weighted by molar-refractivity contribution is 6.61. The normalized spacial score (nSPS) is 10.2. The minimum absolute atomic E-state index is 0. The lowest BCUT2D eigenvalue weighted by Gasteiger charge is -2.21. The third-order valence-corrected chi connectivity index (χ3v) is 3.40. The highest BCUT2D eigenvalue weighted by Gasteiger charge is 2.20. The highest BCUT2D eigenvalue weighted by Crippen LogP contribution is 2.30. The number of imidazole rings is 1. The van der Waals surface area contributed by atoms with E-state index < -0.39 is 5.43 Å². The first-order valence-corrected chi connectivity index (χ1v) is 7.12. The van der Waals surface area contributed by atoms with Crippen LogP contribution in [0.1, 0.15) is 17.2 Å². The molecular formula is C17H14Cl2N2O2. The van der Waals surface area contributed by atoms with Gasteiger partial charge in [-0.3, -0.25) is 4.57 Å². The van der Waals surface area contributed by atoms with Crippen LogP contribution >= 0.6 is 24.0 Å². The van der Waals surface area contributed by atoms with E-state index in [1.54, 1.807) is 10.9 Å². The summed E-state index contributed by atoms with van der Waals surface area (Å²) in [6.45, 7) is 0. The molecule has 0 fully saturated rings. The van der Waals surface area contributed by atoms with Gasteiger partial charge in [-0.15, -0.1) is 12.4 Å². The topological polar surface area (TPSA) is 44.1 Å². The summed E-state index contributed by atoms with van der Waals surface area (Å²) in [5.41, 5.74) is 1.22. The Morgan fingerprint density at radius 2 is 1.52 bits per heavy atom. The number of rotatable bonds is 4. The molecule has 0 radical (unpaired) electrons. The fourth-order valence-electron chi connectivity index (χ4n) is 2.43. The lowest BCUT2D eigenvalue weighted by atomic mass is 9.98. The zero-order valence-electron chi connectivity index (χ0n) is 12.0. The maximum absolute atomic E-state index is 11.1. The Hall–Kier alpha value is -2.30. The van der Waals surface area contributed by atoms with Gasteiger partial charge in [-0.25, -0.2) is 9.78 Å². The number of carbonyl (C=O) groups is 1. The Labute approximate surface area is 145 Å². The zero-order valence-corrected chi connectivity index (χ0v) is 13.6. The van der Waals surface area contributed by atoms with Gasteiger partial charge in [-0.05, 0) is 11.1 Å². The first-order chi connectivity index (χ1) is 10.8. The van der Waals surface area contributed by atoms with Crippen molar-refractivity contribution in [2.24, 2.45) is 0 Å². The molecule has 0 aliphatic carbocycles. The third-order valence-electron chi connectivity index (χ3n) is 3.32. The molecule has 118 valence electrons. The Balaban J connectivity index is 0.00000192. The molecule has 6 heteroatoms. The molecule has 0 amide bonds. The van der Waals surface area contributed by atoms with E-state index in [-0.39, 0.29) is 18.4 Å². The van der Waals surface area contributed by atoms with Gasteiger partial charge in [0.1, 0.15) is 0 Å². The van der Waals surface area contributed by atoms with Crippen molar-refractivity contribution >= 4 is 29.4 Å². The Morgan fingerprint density at radius 3 is 2.00 bits per heavy atom. The molecule has 0 N–H and O–H groups in total. The predicted octanol–water partition coefficient (Wildman–Crippen LogP) is 4.68. The van der Waals surface area contributed by atoms with Crippen molar-refractivity contribution in [3.8, 4) is 5.88 Å². The van der Waals surface area contributed by atoms with E-state index in [1.807, 2.05) is 60.7 Å². The summed E-state index contributed by atoms with van der Waals surface area (Å²) < 4.78 is 6.82. The number of ether oxygens (including phenoxy) is 1. The zero-order chi connectivity index (χ0) is 15.4. The summed E-state index contributed by atoms with van der Waals surface area (Å²) in [6.07, 6.45) is 3.10. The lowest BCUT2D eigenvalue weighted by Crippen LogP contribution is -2.14. The number of benzene rings is 2. The second-order valence-corrected chi connectivity index (χ2v) is 5.01. The van der Waals surface area contributed by atoms with Crippen molar-refractivity contribution in [2.45, 2.75) is 6.04 Å². The quantitative estimate of drug-likeness (QED) is 0.643. The number of hydrogen-bond acceptors (Lipinski definition) is 3. The van der Waals surface area contributed by atoms with Crippen LogP contribution in [0.2, 0.25) is 0 Å². The Bertz CT molecular complexity index is 721. The number of halogens is 2. The predicted molar refractivity (Wildman–Crippen MR) is 91.5 cm³/mol. The van der Waals surface area contributed by atoms with Crippen molar-refractivity contribution < 1.29 is 9.53 Å². The summed E-state index contributed by atoms with van der Waals surface area (Å²) >= 11 is 5.34. The van der Waals surface area contributed by atoms with E-state index in [0.29, 0.717) is 5.88 Å². The number of nitrogens with zero attached hydrogens (tertiary/aromatic N) is 2. The molecule has 2 aromatic carbocycles. The van der Waals surface area contributed by atoms with E-state index in [4.69, 9.17) is 16.3 Å². The average molecular weight is 349 g/mol. The fourth-order valence-corrected chi connectivity index (χ4v) is 2.51. The standard InChI is InChI=1S/C17H13ClN2O2.ClH/c18-17(21)22-15-11-19-12-20(15)16(13-7-3-1-4-8-13)14-9-5-2-6-10-14;/h1-12,16H;1H. The first-order valence-electron chi connectivity index (χ1n) is 6.75. The SMILES string of the molecule is Cl.O=C(Cl)Oc1cncn1C(c1ccccc1)c1ccccc1. The highest BCUT2D eigenvalue weighted by atomic mass is 35.5. The van der Waals surface area contributed by atoms with Gasteiger partial charge in [0.25, 0.3) is 0 Å². The van der Waals surface area contributed by atoms with Gasteiger partial charge in [-0.2, -0.15) is 0 Å². The molecule has 0 aliphatic heterocycles. The monoisotopic (exact) mass is 348 g/mol. The van der Waals surface area contributed by atoms with Crippen molar-refractivity contribution in [1.29, 1.82) is 0 Å². The first kappa shape index (κ1) is 17.1. The summed E-state index contributed by atoms with van der Waals surface area (Å²) in [5, 5.41) is 0. The molecule has 0 aliphatic rings. The van der Waals surface area contributed by atoms with Crippen LogP contribution in [0.25, 0.3) is 0 Å². The van der Waals surface area contributed by atoms with Gasteiger partial charge in [-0.1, -0.05) is 60.7 Å². The van der Waals surface area contributed by atoms with Gasteiger partial charge >= 0.3 is 5.43 Å². The van der Waals surface area contributed by atoms with Gasteiger partial charge in [0.15, 0.2) is 0 Å². The second kappa shape index (κ2) is 7.81. The second-order valence-electron chi connectivity index (χ2n) is 4.70. The van der Waals surface area contributed by atoms with Crippen LogP contribution in [0.5, 0.6) is 5.88 Å². The molecule has 1 aromatic heterocycles. The molecular weight excluding hydrogens is 335 g/mol. The van der Waals surface area contributed by atoms with E-state index in [1.165, 1.54) is 6.20 Å². The van der Waals surface area contributed by atoms with E-state index in [0.717, 1.165) is 11.1 Å². The molecule has 23 heavy (non-hydrogen) atoms. The van der Waals surface area contributed by atoms with Crippen molar-refractivity contribution in [2.75, 3.05) is 0 Å². The van der Waals surface area contributed by atoms with Gasteiger partial charge in [0.2, 0.25) is 5.88 Å². The smallest absolute Gasteiger partial charge is 0.395 e. The van der Waals surface area contributed by atoms with E-state index in [9.17, 15) is 4.79 Å². The van der Waals surface area contributed by atoms with E-state index >= 15 is 0 Å². The van der Waals surface area contributed by atoms with Crippen molar-refractivity contribution in [3.05, 3.63) is 84.3 Å². The molecule has 3 aromatic rings. The molecule has 0 saturated heterocycles. The molecule has 3 rings (SSSR count). The minimum atomic E-state index is -0.887. The van der Waals surface area contributed by atoms with Gasteiger partial charge in [0.05, 0.1) is 18.6 Å². The largest absolute Gasteiger partial charge is 0.410 e. The average Bonchev–Trinajstić information content (AvgIpc) is 2.97. The van der Waals surface area contributed by atoms with Crippen LogP contribution in [0.4, 0.5) is 4.79 Å². The molecule has 0 atom stereocenters. The molecule has 0 spiro atoms. The lowest BCUT2D eigenvalue weighted by molar-refractivity contribution is 0.221. The van der Waals surface area contributed by atoms with Crippen LogP contribution in [0, 0.1) is 0 Å². The maximum atomic E-state index is 11.1. The van der Waals surface area contributed by atoms with Crippen molar-refractivity contribution in [1.82, 2.24) is 9.55 Å². The fraction of sp³-hybridized carbons (Fsp3) is 0.0588. The van der Waals surface area contributed by atoms with Gasteiger partial charge in [0, 0.05) is 11.6 Å². The molecule has 1 heterocycles. The molecule has 4 nitrogen and oxygen atoms in total. The van der Waals surface area contributed by atoms with Crippen LogP contribution < -0.4 is 4.74 Å². The van der Waals surface area contributed by atoms with Gasteiger partial charge < -0.3 is 4.74 Å². The summed E-state index contributed by atoms with van der Waals surface area (Å²) in [5.74, 6) is 0.303. The molecule has 0 saturated carbocycles. The number of aromatic nitrogens is 2. The maximum Gasteiger partial charge on any atom is 0.410 e. The number of carbonyl (C=O) groups excluding carboxylic acids is 1. The Morgan fingerprint density at radius 1 is 1.00 bits per heavy atom. The Kier molecular flexibility index (Phi) is 5.79. The summed E-state index contributed by atoms with van der Waals surface area (Å²) in [6, 6.07) is 19.7. The summed E-state index contributed by atoms with van der Waals surface area (Å²) in [4.78, 5) is 15.1. The molecule has 0 bridgehead atoms. The number of hydrogen-bond donors (Lipinski definition) is 0. The van der Waals surface area contributed by atoms with Crippen molar-refractivity contribution in [3.63, 3.8) is 0 Å². The van der Waals surface area contributed by atoms with E-state index in [2.05, 4.69) is 4.98 Å². The van der Waals surface area contributed by atoms with Crippen LogP contribution in [-0.2, 0) is 0 Å². The summed E-state index contributed by atoms with van der Waals surface area (Å²) in [7, 11) is 0. The minimum Gasteiger partial charge on any atom is -0.395 e.